The Kier molecular flexibility index (Phi) is 4.23. The van der Waals surface area contributed by atoms with Gasteiger partial charge in [-0.05, 0) is 28.9 Å². The quantitative estimate of drug-likeness (QED) is 0.652. The van der Waals surface area contributed by atoms with Gasteiger partial charge in [-0.3, -0.25) is 9.78 Å². The van der Waals surface area contributed by atoms with Gasteiger partial charge >= 0.3 is 11.9 Å². The van der Waals surface area contributed by atoms with Crippen LogP contribution in [0.3, 0.4) is 0 Å². The van der Waals surface area contributed by atoms with Crippen LogP contribution in [0.4, 0.5) is 5.69 Å². The fourth-order valence-electron chi connectivity index (χ4n) is 0.847. The van der Waals surface area contributed by atoms with Crippen LogP contribution in [0.25, 0.3) is 0 Å². The summed E-state index contributed by atoms with van der Waals surface area (Å²) in [5.74, 6) is -1.70. The third kappa shape index (κ3) is 3.32. The lowest BCUT2D eigenvalue weighted by Gasteiger charge is -2.05. The zero-order chi connectivity index (χ0) is 11.3. The van der Waals surface area contributed by atoms with Gasteiger partial charge < -0.3 is 10.1 Å². The summed E-state index contributed by atoms with van der Waals surface area (Å²) in [6.45, 7) is 1.80. The van der Waals surface area contributed by atoms with Crippen LogP contribution in [0, 0.1) is 0 Å². The topological polar surface area (TPSA) is 68.3 Å². The molecule has 0 radical (unpaired) electrons. The number of aromatic nitrogens is 1. The molecule has 80 valence electrons. The van der Waals surface area contributed by atoms with E-state index in [-0.39, 0.29) is 6.61 Å². The molecule has 1 aromatic heterocycles. The van der Waals surface area contributed by atoms with Gasteiger partial charge in [-0.1, -0.05) is 0 Å². The van der Waals surface area contributed by atoms with E-state index in [1.807, 2.05) is 0 Å². The van der Waals surface area contributed by atoms with Crippen molar-refractivity contribution in [3.05, 3.63) is 22.9 Å². The minimum atomic E-state index is -0.902. The van der Waals surface area contributed by atoms with Crippen molar-refractivity contribution in [1.29, 1.82) is 0 Å². The molecule has 1 amide bonds. The van der Waals surface area contributed by atoms with Gasteiger partial charge in [-0.2, -0.15) is 0 Å². The Morgan fingerprint density at radius 2 is 2.33 bits per heavy atom. The molecule has 1 N–H and O–H groups in total. The minimum Gasteiger partial charge on any atom is -0.459 e. The van der Waals surface area contributed by atoms with E-state index < -0.39 is 11.9 Å². The number of carbonyl (C=O) groups excluding carboxylic acids is 2. The summed E-state index contributed by atoms with van der Waals surface area (Å²) in [7, 11) is 0. The van der Waals surface area contributed by atoms with Gasteiger partial charge in [-0.25, -0.2) is 4.79 Å². The Balaban J connectivity index is 2.67. The number of amides is 1. The van der Waals surface area contributed by atoms with Crippen LogP contribution >= 0.6 is 15.9 Å². The largest absolute Gasteiger partial charge is 0.459 e. The number of ether oxygens (including phenoxy) is 1. The van der Waals surface area contributed by atoms with Crippen LogP contribution in [-0.2, 0) is 14.3 Å². The van der Waals surface area contributed by atoms with E-state index in [2.05, 4.69) is 31.0 Å². The van der Waals surface area contributed by atoms with E-state index in [4.69, 9.17) is 0 Å². The van der Waals surface area contributed by atoms with E-state index >= 15 is 0 Å². The molecule has 0 atom stereocenters. The molecule has 1 heterocycles. The van der Waals surface area contributed by atoms with Crippen LogP contribution in [0.5, 0.6) is 0 Å². The van der Waals surface area contributed by atoms with Crippen LogP contribution in [0.1, 0.15) is 6.92 Å². The van der Waals surface area contributed by atoms with Crippen LogP contribution in [0.15, 0.2) is 22.9 Å². The zero-order valence-electron chi connectivity index (χ0n) is 7.99. The molecule has 0 aliphatic heterocycles. The Bertz CT molecular complexity index is 381. The first-order valence-corrected chi connectivity index (χ1v) is 5.02. The van der Waals surface area contributed by atoms with Crippen molar-refractivity contribution >= 4 is 33.5 Å². The minimum absolute atomic E-state index is 0.170. The molecule has 1 aromatic rings. The first-order chi connectivity index (χ1) is 7.15. The fraction of sp³-hybridized carbons (Fsp3) is 0.222. The predicted molar refractivity (Wildman–Crippen MR) is 57.2 cm³/mol. The highest BCUT2D eigenvalue weighted by molar-refractivity contribution is 9.10. The predicted octanol–water partition coefficient (Wildman–Crippen LogP) is 1.35. The van der Waals surface area contributed by atoms with E-state index in [1.165, 1.54) is 12.4 Å². The first kappa shape index (κ1) is 11.6. The maximum atomic E-state index is 11.2. The van der Waals surface area contributed by atoms with Gasteiger partial charge in [0.25, 0.3) is 0 Å². The number of rotatable bonds is 2. The summed E-state index contributed by atoms with van der Waals surface area (Å²) < 4.78 is 5.13. The Hall–Kier alpha value is -1.43. The van der Waals surface area contributed by atoms with Crippen molar-refractivity contribution in [3.63, 3.8) is 0 Å². The molecule has 0 aromatic carbocycles. The Labute approximate surface area is 95.0 Å². The van der Waals surface area contributed by atoms with E-state index in [1.54, 1.807) is 13.0 Å². The third-order valence-corrected chi connectivity index (χ3v) is 2.11. The van der Waals surface area contributed by atoms with Crippen LogP contribution in [-0.4, -0.2) is 23.5 Å². The molecule has 0 bridgehead atoms. The second kappa shape index (κ2) is 5.45. The first-order valence-electron chi connectivity index (χ1n) is 4.22. The summed E-state index contributed by atoms with van der Waals surface area (Å²) in [5.41, 5.74) is 0.475. The fourth-order valence-corrected chi connectivity index (χ4v) is 1.20. The molecular weight excluding hydrogens is 264 g/mol. The molecule has 0 aliphatic rings. The number of pyridine rings is 1. The summed E-state index contributed by atoms with van der Waals surface area (Å²) in [6.07, 6.45) is 3.02. The van der Waals surface area contributed by atoms with E-state index in [9.17, 15) is 9.59 Å². The van der Waals surface area contributed by atoms with E-state index in [0.717, 1.165) is 0 Å². The second-order valence-corrected chi connectivity index (χ2v) is 3.38. The van der Waals surface area contributed by atoms with Gasteiger partial charge in [0.05, 0.1) is 16.8 Å². The number of carbonyl (C=O) groups is 2. The highest BCUT2D eigenvalue weighted by Gasteiger charge is 2.15. The maximum absolute atomic E-state index is 11.2. The van der Waals surface area contributed by atoms with Crippen molar-refractivity contribution in [1.82, 2.24) is 4.98 Å². The lowest BCUT2D eigenvalue weighted by Crippen LogP contribution is -2.25. The normalized spacial score (nSPS) is 9.47. The molecule has 1 rings (SSSR count). The highest BCUT2D eigenvalue weighted by Crippen LogP contribution is 2.19. The van der Waals surface area contributed by atoms with Gasteiger partial charge in [0.2, 0.25) is 0 Å². The number of esters is 1. The van der Waals surface area contributed by atoms with Crippen molar-refractivity contribution in [3.8, 4) is 0 Å². The number of anilines is 1. The average molecular weight is 273 g/mol. The molecule has 0 aliphatic carbocycles. The number of nitrogens with one attached hydrogen (secondary N) is 1. The van der Waals surface area contributed by atoms with Crippen molar-refractivity contribution < 1.29 is 14.3 Å². The molecule has 0 fully saturated rings. The summed E-state index contributed by atoms with van der Waals surface area (Å²) >= 11 is 3.18. The van der Waals surface area contributed by atoms with Gasteiger partial charge in [0, 0.05) is 12.4 Å². The molecule has 5 nitrogen and oxygen atoms in total. The highest BCUT2D eigenvalue weighted by atomic mass is 79.9. The van der Waals surface area contributed by atoms with Gasteiger partial charge in [-0.15, -0.1) is 0 Å². The van der Waals surface area contributed by atoms with Crippen molar-refractivity contribution in [2.75, 3.05) is 11.9 Å². The molecule has 0 saturated carbocycles. The smallest absolute Gasteiger partial charge is 0.397 e. The number of hydrogen-bond donors (Lipinski definition) is 1. The molecule has 0 unspecified atom stereocenters. The Morgan fingerprint density at radius 1 is 1.60 bits per heavy atom. The SMILES string of the molecule is CCOC(=O)C(=O)Nc1ccncc1Br. The third-order valence-electron chi connectivity index (χ3n) is 1.48. The lowest BCUT2D eigenvalue weighted by atomic mass is 10.4. The monoisotopic (exact) mass is 272 g/mol. The summed E-state index contributed by atoms with van der Waals surface area (Å²) in [5, 5.41) is 2.39. The van der Waals surface area contributed by atoms with Crippen LogP contribution < -0.4 is 5.32 Å². The van der Waals surface area contributed by atoms with E-state index in [0.29, 0.717) is 10.2 Å². The molecule has 0 saturated heterocycles. The summed E-state index contributed by atoms with van der Waals surface area (Å²) in [4.78, 5) is 26.0. The second-order valence-electron chi connectivity index (χ2n) is 2.53. The maximum Gasteiger partial charge on any atom is 0.397 e. The number of hydrogen-bond acceptors (Lipinski definition) is 4. The molecule has 0 spiro atoms. The number of halogens is 1. The number of nitrogens with zero attached hydrogens (tertiary/aromatic N) is 1. The standard InChI is InChI=1S/C9H9BrN2O3/c1-2-15-9(14)8(13)12-7-3-4-11-5-6(7)10/h3-5H,2H2,1H3,(H,11,12,13). The Morgan fingerprint density at radius 3 is 2.93 bits per heavy atom. The van der Waals surface area contributed by atoms with Gasteiger partial charge in [0.1, 0.15) is 0 Å². The molecule has 15 heavy (non-hydrogen) atoms. The van der Waals surface area contributed by atoms with Gasteiger partial charge in [0.15, 0.2) is 0 Å². The summed E-state index contributed by atoms with van der Waals surface area (Å²) in [6, 6.07) is 1.57. The van der Waals surface area contributed by atoms with Crippen molar-refractivity contribution in [2.24, 2.45) is 0 Å². The molecule has 6 heteroatoms. The molecular formula is C9H9BrN2O3. The lowest BCUT2D eigenvalue weighted by molar-refractivity contribution is -0.152. The van der Waals surface area contributed by atoms with Crippen LogP contribution in [0.2, 0.25) is 0 Å². The zero-order valence-corrected chi connectivity index (χ0v) is 9.58. The van der Waals surface area contributed by atoms with Crippen molar-refractivity contribution in [2.45, 2.75) is 6.92 Å². The average Bonchev–Trinajstić information content (AvgIpc) is 2.21.